The number of pyridine rings is 1. The molecule has 4 rings (SSSR count). The predicted octanol–water partition coefficient (Wildman–Crippen LogP) is 3.90. The predicted molar refractivity (Wildman–Crippen MR) is 113 cm³/mol. The van der Waals surface area contributed by atoms with Crippen LogP contribution in [0.25, 0.3) is 16.7 Å². The van der Waals surface area contributed by atoms with Crippen molar-refractivity contribution in [2.45, 2.75) is 13.5 Å². The zero-order valence-corrected chi connectivity index (χ0v) is 16.7. The first-order chi connectivity index (χ1) is 13.5. The van der Waals surface area contributed by atoms with Crippen LogP contribution in [0.3, 0.4) is 0 Å². The molecule has 28 heavy (non-hydrogen) atoms. The molecule has 2 aromatic carbocycles. The second-order valence-corrected chi connectivity index (χ2v) is 7.36. The molecular weight excluding hydrogens is 420 g/mol. The number of carbonyl (C=O) groups is 1. The maximum atomic E-state index is 13.0. The number of hydrogen-bond acceptors (Lipinski definition) is 3. The number of hydrogen-bond donors (Lipinski definition) is 1. The Bertz CT molecular complexity index is 1210. The maximum Gasteiger partial charge on any atom is 0.280 e. The topological polar surface area (TPSA) is 68.9 Å². The number of aryl methyl sites for hydroxylation is 1. The lowest BCUT2D eigenvalue weighted by atomic mass is 10.2. The van der Waals surface area contributed by atoms with E-state index in [1.807, 2.05) is 43.3 Å². The second kappa shape index (κ2) is 7.44. The van der Waals surface area contributed by atoms with Crippen LogP contribution in [0.15, 0.2) is 76.1 Å². The molecule has 0 spiro atoms. The van der Waals surface area contributed by atoms with Crippen molar-refractivity contribution in [3.63, 3.8) is 0 Å². The SMILES string of the molecule is Cc1ccc(-n2c(=O)c3cccnc3n2CC(=O)Nc2ccc(Br)cc2)cc1. The van der Waals surface area contributed by atoms with Crippen LogP contribution in [-0.4, -0.2) is 20.3 Å². The molecule has 0 aliphatic heterocycles. The molecular formula is C21H17BrN4O2. The first-order valence-corrected chi connectivity index (χ1v) is 9.51. The smallest absolute Gasteiger partial charge is 0.280 e. The Balaban J connectivity index is 1.75. The lowest BCUT2D eigenvalue weighted by molar-refractivity contribution is -0.116. The fraction of sp³-hybridized carbons (Fsp3) is 0.0952. The van der Waals surface area contributed by atoms with Gasteiger partial charge in [-0.1, -0.05) is 33.6 Å². The summed E-state index contributed by atoms with van der Waals surface area (Å²) < 4.78 is 4.04. The molecule has 6 nitrogen and oxygen atoms in total. The molecule has 2 aromatic heterocycles. The Morgan fingerprint density at radius 3 is 2.50 bits per heavy atom. The molecule has 7 heteroatoms. The van der Waals surface area contributed by atoms with Crippen LogP contribution in [0.2, 0.25) is 0 Å². The van der Waals surface area contributed by atoms with Gasteiger partial charge in [0.15, 0.2) is 5.65 Å². The molecule has 0 bridgehead atoms. The molecule has 0 saturated carbocycles. The molecule has 0 unspecified atom stereocenters. The number of amides is 1. The third-order valence-electron chi connectivity index (χ3n) is 4.40. The molecule has 0 aliphatic carbocycles. The first kappa shape index (κ1) is 18.2. The minimum atomic E-state index is -0.245. The lowest BCUT2D eigenvalue weighted by Gasteiger charge is -2.13. The molecule has 2 heterocycles. The van der Waals surface area contributed by atoms with Gasteiger partial charge >= 0.3 is 0 Å². The number of carbonyl (C=O) groups excluding carboxylic acids is 1. The average Bonchev–Trinajstić information content (AvgIpc) is 2.97. The summed E-state index contributed by atoms with van der Waals surface area (Å²) in [5.41, 5.74) is 2.72. The van der Waals surface area contributed by atoms with Crippen molar-refractivity contribution < 1.29 is 4.79 Å². The molecule has 0 atom stereocenters. The fourth-order valence-electron chi connectivity index (χ4n) is 3.05. The minimum Gasteiger partial charge on any atom is -0.324 e. The fourth-order valence-corrected chi connectivity index (χ4v) is 3.31. The Labute approximate surface area is 169 Å². The van der Waals surface area contributed by atoms with Crippen LogP contribution in [-0.2, 0) is 11.3 Å². The van der Waals surface area contributed by atoms with Gasteiger partial charge < -0.3 is 5.32 Å². The highest BCUT2D eigenvalue weighted by Gasteiger charge is 2.17. The number of benzene rings is 2. The Morgan fingerprint density at radius 1 is 1.07 bits per heavy atom. The van der Waals surface area contributed by atoms with Crippen LogP contribution in [0.5, 0.6) is 0 Å². The van der Waals surface area contributed by atoms with Crippen LogP contribution in [0.4, 0.5) is 5.69 Å². The highest BCUT2D eigenvalue weighted by atomic mass is 79.9. The van der Waals surface area contributed by atoms with E-state index in [2.05, 4.69) is 26.2 Å². The molecule has 1 N–H and O–H groups in total. The summed E-state index contributed by atoms with van der Waals surface area (Å²) in [4.78, 5) is 30.0. The van der Waals surface area contributed by atoms with Gasteiger partial charge in [-0.05, 0) is 55.5 Å². The van der Waals surface area contributed by atoms with E-state index in [4.69, 9.17) is 0 Å². The zero-order valence-electron chi connectivity index (χ0n) is 15.1. The lowest BCUT2D eigenvalue weighted by Crippen LogP contribution is -2.27. The molecule has 140 valence electrons. The largest absolute Gasteiger partial charge is 0.324 e. The van der Waals surface area contributed by atoms with Gasteiger partial charge in [0.05, 0.1) is 11.1 Å². The van der Waals surface area contributed by atoms with Crippen molar-refractivity contribution in [1.82, 2.24) is 14.3 Å². The van der Waals surface area contributed by atoms with Gasteiger partial charge in [-0.3, -0.25) is 14.3 Å². The summed E-state index contributed by atoms with van der Waals surface area (Å²) in [6, 6.07) is 18.3. The zero-order chi connectivity index (χ0) is 19.7. The van der Waals surface area contributed by atoms with Gasteiger partial charge in [0.25, 0.3) is 5.56 Å². The van der Waals surface area contributed by atoms with Gasteiger partial charge in [-0.25, -0.2) is 9.67 Å². The molecule has 4 aromatic rings. The number of rotatable bonds is 4. The van der Waals surface area contributed by atoms with E-state index in [0.29, 0.717) is 22.4 Å². The highest BCUT2D eigenvalue weighted by molar-refractivity contribution is 9.10. The van der Waals surface area contributed by atoms with Crippen molar-refractivity contribution >= 4 is 38.6 Å². The summed E-state index contributed by atoms with van der Waals surface area (Å²) in [7, 11) is 0. The van der Waals surface area contributed by atoms with Crippen LogP contribution >= 0.6 is 15.9 Å². The van der Waals surface area contributed by atoms with Gasteiger partial charge in [0.2, 0.25) is 5.91 Å². The van der Waals surface area contributed by atoms with Crippen molar-refractivity contribution in [2.75, 3.05) is 5.32 Å². The number of aromatic nitrogens is 3. The number of nitrogens with one attached hydrogen (secondary N) is 1. The number of fused-ring (bicyclic) bond motifs is 1. The number of halogens is 1. The van der Waals surface area contributed by atoms with Gasteiger partial charge in [-0.2, -0.15) is 0 Å². The van der Waals surface area contributed by atoms with Crippen molar-refractivity contribution in [3.05, 3.63) is 87.3 Å². The standard InChI is InChI=1S/C21H17BrN4O2/c1-14-4-10-17(11-5-14)26-21(28)18-3-2-12-23-20(18)25(26)13-19(27)24-16-8-6-15(22)7-9-16/h2-12H,13H2,1H3,(H,24,27). The second-order valence-electron chi connectivity index (χ2n) is 6.44. The molecule has 0 aliphatic rings. The average molecular weight is 437 g/mol. The number of nitrogens with zero attached hydrogens (tertiary/aromatic N) is 3. The van der Waals surface area contributed by atoms with Crippen LogP contribution in [0, 0.1) is 6.92 Å². The highest BCUT2D eigenvalue weighted by Crippen LogP contribution is 2.16. The van der Waals surface area contributed by atoms with E-state index in [1.165, 1.54) is 4.68 Å². The Morgan fingerprint density at radius 2 is 1.79 bits per heavy atom. The minimum absolute atomic E-state index is 0.0420. The summed E-state index contributed by atoms with van der Waals surface area (Å²) in [5, 5.41) is 3.33. The normalized spacial score (nSPS) is 10.9. The quantitative estimate of drug-likeness (QED) is 0.527. The Hall–Kier alpha value is -3.19. The van der Waals surface area contributed by atoms with E-state index in [0.717, 1.165) is 10.0 Å². The number of anilines is 1. The van der Waals surface area contributed by atoms with Gasteiger partial charge in [0.1, 0.15) is 6.54 Å². The third-order valence-corrected chi connectivity index (χ3v) is 4.92. The maximum absolute atomic E-state index is 13.0. The van der Waals surface area contributed by atoms with Gasteiger partial charge in [0, 0.05) is 16.4 Å². The molecule has 0 saturated heterocycles. The van der Waals surface area contributed by atoms with Gasteiger partial charge in [-0.15, -0.1) is 0 Å². The summed E-state index contributed by atoms with van der Waals surface area (Å²) >= 11 is 3.37. The monoisotopic (exact) mass is 436 g/mol. The van der Waals surface area contributed by atoms with E-state index < -0.39 is 0 Å². The van der Waals surface area contributed by atoms with Crippen molar-refractivity contribution in [2.24, 2.45) is 0 Å². The van der Waals surface area contributed by atoms with Crippen molar-refractivity contribution in [3.8, 4) is 5.69 Å². The van der Waals surface area contributed by atoms with Crippen LogP contribution < -0.4 is 10.9 Å². The van der Waals surface area contributed by atoms with Crippen LogP contribution in [0.1, 0.15) is 5.56 Å². The Kier molecular flexibility index (Phi) is 4.83. The molecule has 1 amide bonds. The summed E-state index contributed by atoms with van der Waals surface area (Å²) in [5.74, 6) is -0.245. The molecule has 0 radical (unpaired) electrons. The molecule has 0 fully saturated rings. The summed E-state index contributed by atoms with van der Waals surface area (Å²) in [6.45, 7) is 1.94. The summed E-state index contributed by atoms with van der Waals surface area (Å²) in [6.07, 6.45) is 1.62. The van der Waals surface area contributed by atoms with E-state index >= 15 is 0 Å². The first-order valence-electron chi connectivity index (χ1n) is 8.72. The van der Waals surface area contributed by atoms with E-state index in [1.54, 1.807) is 35.1 Å². The van der Waals surface area contributed by atoms with E-state index in [-0.39, 0.29) is 18.0 Å². The van der Waals surface area contributed by atoms with E-state index in [9.17, 15) is 9.59 Å². The van der Waals surface area contributed by atoms with Crippen molar-refractivity contribution in [1.29, 1.82) is 0 Å². The third kappa shape index (κ3) is 3.48.